The molecule has 150 valence electrons. The summed E-state index contributed by atoms with van der Waals surface area (Å²) in [6.07, 6.45) is 2.66. The number of methoxy groups -OCH3 is 1. The maximum atomic E-state index is 13.0. The SMILES string of the molecule is COCCNS(=O)(=O)c1ccc(C)c(C(=O)N2CCN(CC3CC3)CC2)c1. The zero-order valence-corrected chi connectivity index (χ0v) is 16.9. The Kier molecular flexibility index (Phi) is 6.52. The molecule has 7 nitrogen and oxygen atoms in total. The molecule has 0 aromatic heterocycles. The molecule has 0 atom stereocenters. The first-order chi connectivity index (χ1) is 12.9. The van der Waals surface area contributed by atoms with Crippen LogP contribution in [-0.4, -0.2) is 77.1 Å². The molecule has 2 aliphatic rings. The number of hydrogen-bond donors (Lipinski definition) is 1. The van der Waals surface area contributed by atoms with Crippen molar-refractivity contribution in [2.75, 3.05) is 53.0 Å². The van der Waals surface area contributed by atoms with E-state index in [1.807, 2.05) is 11.8 Å². The van der Waals surface area contributed by atoms with Gasteiger partial charge in [-0.3, -0.25) is 9.69 Å². The average Bonchev–Trinajstić information content (AvgIpc) is 3.46. The quantitative estimate of drug-likeness (QED) is 0.667. The van der Waals surface area contributed by atoms with E-state index in [0.29, 0.717) is 25.3 Å². The third-order valence-electron chi connectivity index (χ3n) is 5.22. The van der Waals surface area contributed by atoms with Crippen molar-refractivity contribution in [1.82, 2.24) is 14.5 Å². The maximum Gasteiger partial charge on any atom is 0.254 e. The highest BCUT2D eigenvalue weighted by Crippen LogP contribution is 2.30. The van der Waals surface area contributed by atoms with Gasteiger partial charge in [0.25, 0.3) is 5.91 Å². The highest BCUT2D eigenvalue weighted by Gasteiger charge is 2.28. The van der Waals surface area contributed by atoms with E-state index in [0.717, 1.165) is 31.1 Å². The third-order valence-corrected chi connectivity index (χ3v) is 6.68. The molecule has 27 heavy (non-hydrogen) atoms. The number of hydrogen-bond acceptors (Lipinski definition) is 5. The number of rotatable bonds is 8. The van der Waals surface area contributed by atoms with Crippen molar-refractivity contribution in [2.45, 2.75) is 24.7 Å². The lowest BCUT2D eigenvalue weighted by molar-refractivity contribution is 0.0631. The molecule has 0 radical (unpaired) electrons. The molecule has 2 fully saturated rings. The first-order valence-electron chi connectivity index (χ1n) is 9.51. The van der Waals surface area contributed by atoms with Gasteiger partial charge in [0.1, 0.15) is 0 Å². The molecule has 1 aliphatic carbocycles. The van der Waals surface area contributed by atoms with Gasteiger partial charge in [-0.2, -0.15) is 0 Å². The normalized spacial score (nSPS) is 18.7. The fourth-order valence-corrected chi connectivity index (χ4v) is 4.37. The summed E-state index contributed by atoms with van der Waals surface area (Å²) in [5.74, 6) is 0.759. The van der Waals surface area contributed by atoms with Gasteiger partial charge in [-0.15, -0.1) is 0 Å². The fraction of sp³-hybridized carbons (Fsp3) is 0.632. The molecule has 0 unspecified atom stereocenters. The average molecular weight is 396 g/mol. The molecule has 1 aromatic carbocycles. The minimum absolute atomic E-state index is 0.0903. The highest BCUT2D eigenvalue weighted by atomic mass is 32.2. The van der Waals surface area contributed by atoms with E-state index < -0.39 is 10.0 Å². The van der Waals surface area contributed by atoms with Crippen LogP contribution in [0.4, 0.5) is 0 Å². The zero-order valence-electron chi connectivity index (χ0n) is 16.1. The van der Waals surface area contributed by atoms with Gasteiger partial charge in [0, 0.05) is 51.9 Å². The van der Waals surface area contributed by atoms with Crippen molar-refractivity contribution in [3.63, 3.8) is 0 Å². The van der Waals surface area contributed by atoms with Crippen molar-refractivity contribution in [3.05, 3.63) is 29.3 Å². The van der Waals surface area contributed by atoms with Crippen LogP contribution in [0.1, 0.15) is 28.8 Å². The van der Waals surface area contributed by atoms with Gasteiger partial charge in [0.2, 0.25) is 10.0 Å². The molecule has 0 bridgehead atoms. The Balaban J connectivity index is 1.67. The summed E-state index contributed by atoms with van der Waals surface area (Å²) in [6, 6.07) is 4.72. The molecule has 1 saturated carbocycles. The number of sulfonamides is 1. The predicted molar refractivity (Wildman–Crippen MR) is 103 cm³/mol. The highest BCUT2D eigenvalue weighted by molar-refractivity contribution is 7.89. The van der Waals surface area contributed by atoms with E-state index in [9.17, 15) is 13.2 Å². The summed E-state index contributed by atoms with van der Waals surface area (Å²) < 4.78 is 32.2. The van der Waals surface area contributed by atoms with Crippen LogP contribution in [0.25, 0.3) is 0 Å². The van der Waals surface area contributed by atoms with E-state index in [4.69, 9.17) is 4.74 Å². The monoisotopic (exact) mass is 395 g/mol. The minimum atomic E-state index is -3.66. The number of aryl methyl sites for hydroxylation is 1. The first kappa shape index (κ1) is 20.3. The Morgan fingerprint density at radius 3 is 2.56 bits per heavy atom. The molecule has 1 aliphatic heterocycles. The van der Waals surface area contributed by atoms with Gasteiger partial charge >= 0.3 is 0 Å². The molecule has 1 amide bonds. The number of carbonyl (C=O) groups is 1. The van der Waals surface area contributed by atoms with Crippen molar-refractivity contribution < 1.29 is 17.9 Å². The van der Waals surface area contributed by atoms with E-state index in [2.05, 4.69) is 9.62 Å². The third kappa shape index (κ3) is 5.28. The number of ether oxygens (including phenoxy) is 1. The summed E-state index contributed by atoms with van der Waals surface area (Å²) in [5.41, 5.74) is 1.25. The summed E-state index contributed by atoms with van der Waals surface area (Å²) in [7, 11) is -2.15. The van der Waals surface area contributed by atoms with Crippen molar-refractivity contribution in [2.24, 2.45) is 5.92 Å². The number of benzene rings is 1. The number of amides is 1. The van der Waals surface area contributed by atoms with E-state index in [1.54, 1.807) is 6.07 Å². The Morgan fingerprint density at radius 2 is 1.93 bits per heavy atom. The van der Waals surface area contributed by atoms with Gasteiger partial charge in [-0.25, -0.2) is 13.1 Å². The zero-order chi connectivity index (χ0) is 19.4. The summed E-state index contributed by atoms with van der Waals surface area (Å²) in [6.45, 7) is 6.62. The lowest BCUT2D eigenvalue weighted by Gasteiger charge is -2.35. The Labute approximate surface area is 161 Å². The van der Waals surface area contributed by atoms with Crippen molar-refractivity contribution in [1.29, 1.82) is 0 Å². The summed E-state index contributed by atoms with van der Waals surface area (Å²) in [5, 5.41) is 0. The lowest BCUT2D eigenvalue weighted by atomic mass is 10.1. The van der Waals surface area contributed by atoms with E-state index in [-0.39, 0.29) is 17.3 Å². The van der Waals surface area contributed by atoms with Crippen molar-refractivity contribution in [3.8, 4) is 0 Å². The number of carbonyl (C=O) groups excluding carboxylic acids is 1. The van der Waals surface area contributed by atoms with Crippen LogP contribution in [0.5, 0.6) is 0 Å². The Morgan fingerprint density at radius 1 is 1.22 bits per heavy atom. The molecule has 3 rings (SSSR count). The molecule has 8 heteroatoms. The minimum Gasteiger partial charge on any atom is -0.383 e. The topological polar surface area (TPSA) is 78.9 Å². The van der Waals surface area contributed by atoms with Crippen LogP contribution in [-0.2, 0) is 14.8 Å². The van der Waals surface area contributed by atoms with Crippen LogP contribution in [0, 0.1) is 12.8 Å². The first-order valence-corrected chi connectivity index (χ1v) is 11.0. The van der Waals surface area contributed by atoms with E-state index in [1.165, 1.54) is 32.1 Å². The Bertz CT molecular complexity index is 769. The van der Waals surface area contributed by atoms with Gasteiger partial charge in [-0.05, 0) is 43.4 Å². The molecule has 1 aromatic rings. The van der Waals surface area contributed by atoms with Gasteiger partial charge in [0.05, 0.1) is 11.5 Å². The van der Waals surface area contributed by atoms with Crippen LogP contribution in [0.3, 0.4) is 0 Å². The standard InChI is InChI=1S/C19H29N3O4S/c1-15-3-6-17(27(24,25)20-7-12-26-2)13-18(15)19(23)22-10-8-21(9-11-22)14-16-4-5-16/h3,6,13,16,20H,4-5,7-12,14H2,1-2H3. The second-order valence-electron chi connectivity index (χ2n) is 7.40. The molecular formula is C19H29N3O4S. The largest absolute Gasteiger partial charge is 0.383 e. The summed E-state index contributed by atoms with van der Waals surface area (Å²) in [4.78, 5) is 17.3. The molecule has 1 heterocycles. The van der Waals surface area contributed by atoms with Crippen LogP contribution in [0.15, 0.2) is 23.1 Å². The van der Waals surface area contributed by atoms with Gasteiger partial charge < -0.3 is 9.64 Å². The lowest BCUT2D eigenvalue weighted by Crippen LogP contribution is -2.49. The smallest absolute Gasteiger partial charge is 0.254 e. The molecule has 0 spiro atoms. The second kappa shape index (κ2) is 8.68. The van der Waals surface area contributed by atoms with Crippen LogP contribution in [0.2, 0.25) is 0 Å². The van der Waals surface area contributed by atoms with Crippen molar-refractivity contribution >= 4 is 15.9 Å². The molecular weight excluding hydrogens is 366 g/mol. The predicted octanol–water partition coefficient (Wildman–Crippen LogP) is 1.09. The van der Waals surface area contributed by atoms with Gasteiger partial charge in [0.15, 0.2) is 0 Å². The Hall–Kier alpha value is -1.48. The maximum absolute atomic E-state index is 13.0. The van der Waals surface area contributed by atoms with Crippen LogP contribution < -0.4 is 4.72 Å². The number of nitrogens with one attached hydrogen (secondary N) is 1. The second-order valence-corrected chi connectivity index (χ2v) is 9.17. The van der Waals surface area contributed by atoms with Crippen LogP contribution >= 0.6 is 0 Å². The fourth-order valence-electron chi connectivity index (χ4n) is 3.33. The van der Waals surface area contributed by atoms with E-state index >= 15 is 0 Å². The number of nitrogens with zero attached hydrogens (tertiary/aromatic N) is 2. The summed E-state index contributed by atoms with van der Waals surface area (Å²) >= 11 is 0. The molecule has 1 N–H and O–H groups in total. The molecule has 1 saturated heterocycles. The van der Waals surface area contributed by atoms with Gasteiger partial charge in [-0.1, -0.05) is 6.07 Å². The number of piperazine rings is 1.